The van der Waals surface area contributed by atoms with Gasteiger partial charge in [-0.1, -0.05) is 128 Å². The third-order valence-electron chi connectivity index (χ3n) is 7.84. The van der Waals surface area contributed by atoms with Crippen molar-refractivity contribution in [3.63, 3.8) is 0 Å². The predicted molar refractivity (Wildman–Crippen MR) is 184 cm³/mol. The molecule has 1 aliphatic heterocycles. The lowest BCUT2D eigenvalue weighted by molar-refractivity contribution is -0.138. The van der Waals surface area contributed by atoms with Crippen LogP contribution in [0.2, 0.25) is 5.02 Å². The van der Waals surface area contributed by atoms with Crippen molar-refractivity contribution in [3.05, 3.63) is 161 Å². The summed E-state index contributed by atoms with van der Waals surface area (Å²) in [7, 11) is 0. The molecule has 8 heteroatoms. The number of hydrogen-bond acceptors (Lipinski definition) is 6. The first-order chi connectivity index (χ1) is 22.4. The highest BCUT2D eigenvalue weighted by molar-refractivity contribution is 7.07. The molecule has 0 spiro atoms. The van der Waals surface area contributed by atoms with Gasteiger partial charge in [0.05, 0.1) is 28.5 Å². The number of aromatic nitrogens is 1. The van der Waals surface area contributed by atoms with E-state index >= 15 is 0 Å². The first kappa shape index (κ1) is 31.3. The van der Waals surface area contributed by atoms with Crippen LogP contribution in [0.25, 0.3) is 11.8 Å². The van der Waals surface area contributed by atoms with E-state index in [1.54, 1.807) is 11.5 Å². The van der Waals surface area contributed by atoms with Gasteiger partial charge in [0.15, 0.2) is 4.80 Å². The smallest absolute Gasteiger partial charge is 0.338 e. The highest BCUT2D eigenvalue weighted by Gasteiger charge is 2.35. The summed E-state index contributed by atoms with van der Waals surface area (Å²) in [5, 5.41) is 0.626. The molecule has 0 bridgehead atoms. The summed E-state index contributed by atoms with van der Waals surface area (Å²) in [6.45, 7) is 6.50. The Morgan fingerprint density at radius 1 is 0.957 bits per heavy atom. The van der Waals surface area contributed by atoms with Crippen molar-refractivity contribution in [2.24, 2.45) is 4.99 Å². The Morgan fingerprint density at radius 3 is 2.37 bits per heavy atom. The minimum Gasteiger partial charge on any atom is -0.488 e. The lowest BCUT2D eigenvalue weighted by Gasteiger charge is -2.26. The average Bonchev–Trinajstić information content (AvgIpc) is 3.38. The monoisotopic (exact) mass is 648 g/mol. The van der Waals surface area contributed by atoms with E-state index < -0.39 is 12.0 Å². The van der Waals surface area contributed by atoms with Crippen LogP contribution in [0.4, 0.5) is 0 Å². The van der Waals surface area contributed by atoms with E-state index in [2.05, 4.69) is 13.8 Å². The molecule has 0 aliphatic carbocycles. The minimum absolute atomic E-state index is 0.193. The fourth-order valence-electron chi connectivity index (χ4n) is 5.46. The van der Waals surface area contributed by atoms with Gasteiger partial charge in [-0.25, -0.2) is 9.79 Å². The molecule has 1 aliphatic rings. The maximum Gasteiger partial charge on any atom is 0.338 e. The first-order valence-corrected chi connectivity index (χ1v) is 16.4. The van der Waals surface area contributed by atoms with Gasteiger partial charge in [-0.15, -0.1) is 0 Å². The second kappa shape index (κ2) is 13.7. The molecule has 0 fully saturated rings. The zero-order valence-electron chi connectivity index (χ0n) is 25.8. The molecule has 6 rings (SSSR count). The Labute approximate surface area is 276 Å². The van der Waals surface area contributed by atoms with E-state index in [9.17, 15) is 9.59 Å². The van der Waals surface area contributed by atoms with E-state index in [0.717, 1.165) is 27.8 Å². The summed E-state index contributed by atoms with van der Waals surface area (Å²) in [5.74, 6) is 0.443. The average molecular weight is 649 g/mol. The molecular formula is C38H33ClN2O4S. The first-order valence-electron chi connectivity index (χ1n) is 15.2. The van der Waals surface area contributed by atoms with E-state index in [1.807, 2.05) is 109 Å². The second-order valence-corrected chi connectivity index (χ2v) is 12.6. The van der Waals surface area contributed by atoms with Gasteiger partial charge < -0.3 is 9.47 Å². The molecule has 1 atom stereocenters. The van der Waals surface area contributed by atoms with Gasteiger partial charge in [-0.2, -0.15) is 0 Å². The van der Waals surface area contributed by atoms with Gasteiger partial charge in [0.25, 0.3) is 5.56 Å². The molecule has 5 aromatic rings. The molecule has 2 heterocycles. The number of carbonyl (C=O) groups excluding carboxylic acids is 1. The lowest BCUT2D eigenvalue weighted by Crippen LogP contribution is -2.40. The van der Waals surface area contributed by atoms with Crippen molar-refractivity contribution < 1.29 is 14.3 Å². The lowest BCUT2D eigenvalue weighted by atomic mass is 9.91. The number of halogens is 1. The third-order valence-corrected chi connectivity index (χ3v) is 9.19. The Balaban J connectivity index is 1.53. The summed E-state index contributed by atoms with van der Waals surface area (Å²) in [4.78, 5) is 33.5. The summed E-state index contributed by atoms with van der Waals surface area (Å²) in [6.07, 6.45) is 1.82. The molecule has 0 unspecified atom stereocenters. The van der Waals surface area contributed by atoms with Crippen LogP contribution < -0.4 is 19.6 Å². The fraction of sp³-hybridized carbons (Fsp3) is 0.184. The highest BCUT2D eigenvalue weighted by Crippen LogP contribution is 2.35. The predicted octanol–water partition coefficient (Wildman–Crippen LogP) is 7.29. The number of carbonyl (C=O) groups is 1. The standard InChI is InChI=1S/C38H33ClN2O4S/c1-4-44-37(43)33-34(26-12-6-5-7-13-26)40-38-41(35(33)27-20-18-25(19-21-27)24(2)3)36(42)32(46-38)22-28-14-9-11-17-31(28)45-23-29-15-8-10-16-30(29)39/h5-22,24,35H,4,23H2,1-3H3/b32-22+/t35-/m1/s1. The Kier molecular flexibility index (Phi) is 9.33. The van der Waals surface area contributed by atoms with Crippen molar-refractivity contribution >= 4 is 40.7 Å². The van der Waals surface area contributed by atoms with Crippen LogP contribution in [-0.2, 0) is 16.1 Å². The third kappa shape index (κ3) is 6.34. The zero-order valence-corrected chi connectivity index (χ0v) is 27.3. The number of esters is 1. The molecule has 46 heavy (non-hydrogen) atoms. The molecular weight excluding hydrogens is 616 g/mol. The van der Waals surface area contributed by atoms with Gasteiger partial charge in [0.1, 0.15) is 12.4 Å². The van der Waals surface area contributed by atoms with Crippen molar-refractivity contribution in [1.29, 1.82) is 0 Å². The summed E-state index contributed by atoms with van der Waals surface area (Å²) in [6, 6.07) is 32.0. The number of para-hydroxylation sites is 1. The van der Waals surface area contributed by atoms with Crippen LogP contribution >= 0.6 is 22.9 Å². The molecule has 1 aromatic heterocycles. The Hall–Kier alpha value is -4.72. The van der Waals surface area contributed by atoms with Gasteiger partial charge in [0.2, 0.25) is 0 Å². The van der Waals surface area contributed by atoms with E-state index in [4.69, 9.17) is 26.1 Å². The number of hydrogen-bond donors (Lipinski definition) is 0. The number of benzene rings is 4. The number of ether oxygens (including phenoxy) is 2. The highest BCUT2D eigenvalue weighted by atomic mass is 35.5. The Bertz CT molecular complexity index is 2100. The SMILES string of the molecule is CCOC(=O)C1=C(c2ccccc2)N=c2s/c(=C/c3ccccc3OCc3ccccc3Cl)c(=O)n2[C@@H]1c1ccc(C(C)C)cc1. The van der Waals surface area contributed by atoms with E-state index in [0.29, 0.717) is 37.3 Å². The number of rotatable bonds is 9. The van der Waals surface area contributed by atoms with Crippen molar-refractivity contribution in [2.75, 3.05) is 6.61 Å². The molecule has 0 amide bonds. The van der Waals surface area contributed by atoms with Gasteiger partial charge in [-0.05, 0) is 42.2 Å². The number of thiazole rings is 1. The molecule has 232 valence electrons. The van der Waals surface area contributed by atoms with Crippen LogP contribution in [0.15, 0.2) is 118 Å². The van der Waals surface area contributed by atoms with Gasteiger partial charge in [-0.3, -0.25) is 9.36 Å². The fourth-order valence-corrected chi connectivity index (χ4v) is 6.64. The van der Waals surface area contributed by atoms with Crippen molar-refractivity contribution in [2.45, 2.75) is 39.3 Å². The molecule has 0 N–H and O–H groups in total. The Morgan fingerprint density at radius 2 is 1.65 bits per heavy atom. The quantitative estimate of drug-likeness (QED) is 0.157. The summed E-state index contributed by atoms with van der Waals surface area (Å²) >= 11 is 7.64. The minimum atomic E-state index is -0.736. The van der Waals surface area contributed by atoms with Crippen LogP contribution in [0.1, 0.15) is 60.5 Å². The van der Waals surface area contributed by atoms with Gasteiger partial charge >= 0.3 is 5.97 Å². The summed E-state index contributed by atoms with van der Waals surface area (Å²) < 4.78 is 13.9. The maximum absolute atomic E-state index is 14.3. The second-order valence-electron chi connectivity index (χ2n) is 11.2. The number of fused-ring (bicyclic) bond motifs is 1. The molecule has 6 nitrogen and oxygen atoms in total. The van der Waals surface area contributed by atoms with Gasteiger partial charge in [0, 0.05) is 21.7 Å². The topological polar surface area (TPSA) is 69.9 Å². The molecule has 0 saturated heterocycles. The molecule has 0 radical (unpaired) electrons. The largest absolute Gasteiger partial charge is 0.488 e. The number of nitrogens with zero attached hydrogens (tertiary/aromatic N) is 2. The van der Waals surface area contributed by atoms with Crippen LogP contribution in [-0.4, -0.2) is 17.1 Å². The normalized spacial score (nSPS) is 14.6. The van der Waals surface area contributed by atoms with Crippen LogP contribution in [0.3, 0.4) is 0 Å². The van der Waals surface area contributed by atoms with Crippen molar-refractivity contribution in [3.8, 4) is 5.75 Å². The molecule has 4 aromatic carbocycles. The maximum atomic E-state index is 14.3. The summed E-state index contributed by atoms with van der Waals surface area (Å²) in [5.41, 5.74) is 4.90. The van der Waals surface area contributed by atoms with Crippen LogP contribution in [0.5, 0.6) is 5.75 Å². The zero-order chi connectivity index (χ0) is 32.2. The van der Waals surface area contributed by atoms with Crippen LogP contribution in [0, 0.1) is 0 Å². The van der Waals surface area contributed by atoms with Crippen molar-refractivity contribution in [1.82, 2.24) is 4.57 Å². The van der Waals surface area contributed by atoms with E-state index in [1.165, 1.54) is 11.3 Å². The van der Waals surface area contributed by atoms with E-state index in [-0.39, 0.29) is 18.8 Å². The molecule has 0 saturated carbocycles.